The molecule has 1 aromatic rings. The predicted octanol–water partition coefficient (Wildman–Crippen LogP) is 1.78. The van der Waals surface area contributed by atoms with Gasteiger partial charge in [-0.15, -0.1) is 0 Å². The molecule has 54 valence electrons. The average Bonchev–Trinajstić information content (AvgIpc) is 1.86. The van der Waals surface area contributed by atoms with Crippen LogP contribution in [0.2, 0.25) is 0 Å². The van der Waals surface area contributed by atoms with Crippen molar-refractivity contribution < 1.29 is 0 Å². The molecule has 1 rings (SSSR count). The third kappa shape index (κ3) is 2.40. The molecule has 0 aliphatic carbocycles. The molecular weight excluding hydrogens is 127 g/mol. The minimum absolute atomic E-state index is 0.285. The second-order valence-electron chi connectivity index (χ2n) is 4.12. The van der Waals surface area contributed by atoms with Crippen LogP contribution in [0.5, 0.6) is 0 Å². The topological polar surface area (TPSA) is 0 Å². The Balaban J connectivity index is 2.99. The maximum atomic E-state index is 2.23. The van der Waals surface area contributed by atoms with Crippen molar-refractivity contribution in [2.75, 3.05) is 0 Å². The van der Waals surface area contributed by atoms with Crippen LogP contribution in [0, 0.1) is 0 Å². The van der Waals surface area contributed by atoms with E-state index in [9.17, 15) is 0 Å². The quantitative estimate of drug-likeness (QED) is 0.482. The van der Waals surface area contributed by atoms with E-state index in [-0.39, 0.29) is 5.41 Å². The molecule has 0 nitrogen and oxygen atoms in total. The van der Waals surface area contributed by atoms with E-state index in [1.807, 2.05) is 0 Å². The van der Waals surface area contributed by atoms with Crippen molar-refractivity contribution in [3.8, 4) is 0 Å². The van der Waals surface area contributed by atoms with Crippen molar-refractivity contribution in [3.63, 3.8) is 0 Å². The Labute approximate surface area is 78.2 Å². The number of hydrogen-bond donors (Lipinski definition) is 0. The normalized spacial score (nSPS) is 11.7. The van der Waals surface area contributed by atoms with E-state index in [0.29, 0.717) is 0 Å². The summed E-state index contributed by atoms with van der Waals surface area (Å²) >= 11 is 2.12. The Hall–Kier alpha value is -0.183. The van der Waals surface area contributed by atoms with Gasteiger partial charge >= 0.3 is 78.0 Å². The third-order valence-corrected chi connectivity index (χ3v) is 1.92. The van der Waals surface area contributed by atoms with Crippen LogP contribution in [0.1, 0.15) is 26.3 Å². The van der Waals surface area contributed by atoms with Crippen molar-refractivity contribution in [1.82, 2.24) is 0 Å². The first-order valence-corrected chi connectivity index (χ1v) is 4.07. The Morgan fingerprint density at radius 2 is 1.45 bits per heavy atom. The van der Waals surface area contributed by atoms with Crippen LogP contribution in [0.3, 0.4) is 0 Å². The molecular formula is C10H13Li. The van der Waals surface area contributed by atoms with E-state index in [1.54, 1.807) is 0 Å². The summed E-state index contributed by atoms with van der Waals surface area (Å²) in [7, 11) is 0. The number of hydrogen-bond acceptors (Lipinski definition) is 0. The number of benzene rings is 1. The molecule has 0 N–H and O–H groups in total. The monoisotopic (exact) mass is 140 g/mol. The third-order valence-electron chi connectivity index (χ3n) is 1.92. The van der Waals surface area contributed by atoms with Crippen LogP contribution in [0.4, 0.5) is 0 Å². The Morgan fingerprint density at radius 1 is 1.00 bits per heavy atom. The second-order valence-corrected chi connectivity index (χ2v) is 4.12. The summed E-state index contributed by atoms with van der Waals surface area (Å²) in [4.78, 5) is 0. The van der Waals surface area contributed by atoms with Gasteiger partial charge < -0.3 is 0 Å². The predicted molar refractivity (Wildman–Crippen MR) is 50.5 cm³/mol. The van der Waals surface area contributed by atoms with Crippen molar-refractivity contribution in [2.24, 2.45) is 0 Å². The zero-order valence-corrected chi connectivity index (χ0v) is 7.81. The molecule has 0 radical (unpaired) electrons. The van der Waals surface area contributed by atoms with E-state index in [1.165, 1.54) is 9.80 Å². The van der Waals surface area contributed by atoms with Gasteiger partial charge in [-0.05, 0) is 0 Å². The molecule has 0 aromatic heterocycles. The second kappa shape index (κ2) is 3.05. The van der Waals surface area contributed by atoms with Gasteiger partial charge in [0.2, 0.25) is 0 Å². The van der Waals surface area contributed by atoms with Crippen LogP contribution in [0.15, 0.2) is 24.3 Å². The van der Waals surface area contributed by atoms with Gasteiger partial charge in [-0.3, -0.25) is 0 Å². The van der Waals surface area contributed by atoms with E-state index < -0.39 is 0 Å². The Bertz CT molecular complexity index is 228. The maximum absolute atomic E-state index is 2.23. The first-order valence-electron chi connectivity index (χ1n) is 4.07. The fourth-order valence-electron chi connectivity index (χ4n) is 1.05. The van der Waals surface area contributed by atoms with Crippen molar-refractivity contribution in [1.29, 1.82) is 0 Å². The molecule has 0 fully saturated rings. The minimum atomic E-state index is 0.285. The van der Waals surface area contributed by atoms with Gasteiger partial charge in [0.15, 0.2) is 0 Å². The van der Waals surface area contributed by atoms with Crippen LogP contribution in [-0.4, -0.2) is 17.7 Å². The molecule has 0 aliphatic heterocycles. The van der Waals surface area contributed by atoms with Crippen LogP contribution in [0.25, 0.3) is 0 Å². The molecule has 0 spiro atoms. The first-order chi connectivity index (χ1) is 5.00. The van der Waals surface area contributed by atoms with Crippen molar-refractivity contribution in [3.05, 3.63) is 29.8 Å². The average molecular weight is 140 g/mol. The Kier molecular flexibility index (Phi) is 2.47. The molecule has 0 saturated carbocycles. The molecule has 0 unspecified atom stereocenters. The Morgan fingerprint density at radius 3 is 1.82 bits per heavy atom. The molecule has 0 heterocycles. The number of rotatable bonds is 0. The molecule has 1 heteroatoms. The summed E-state index contributed by atoms with van der Waals surface area (Å²) in [6, 6.07) is 8.74. The molecule has 0 atom stereocenters. The van der Waals surface area contributed by atoms with Gasteiger partial charge in [0, 0.05) is 0 Å². The fourth-order valence-corrected chi connectivity index (χ4v) is 1.05. The van der Waals surface area contributed by atoms with E-state index in [2.05, 4.69) is 62.8 Å². The first kappa shape index (κ1) is 8.91. The van der Waals surface area contributed by atoms with Gasteiger partial charge in [0.1, 0.15) is 0 Å². The zero-order valence-electron chi connectivity index (χ0n) is 7.81. The van der Waals surface area contributed by atoms with Gasteiger partial charge in [-0.1, -0.05) is 0 Å². The van der Waals surface area contributed by atoms with Crippen molar-refractivity contribution in [2.45, 2.75) is 26.2 Å². The van der Waals surface area contributed by atoms with E-state index >= 15 is 0 Å². The van der Waals surface area contributed by atoms with Gasteiger partial charge in [-0.2, -0.15) is 0 Å². The molecule has 1 aromatic carbocycles. The summed E-state index contributed by atoms with van der Waals surface area (Å²) in [5.41, 5.74) is 1.69. The molecule has 0 aliphatic rings. The molecule has 0 amide bonds. The summed E-state index contributed by atoms with van der Waals surface area (Å²) in [5.74, 6) is 0. The summed E-state index contributed by atoms with van der Waals surface area (Å²) < 4.78 is 1.33. The summed E-state index contributed by atoms with van der Waals surface area (Å²) in [5, 5.41) is 0. The molecule has 11 heavy (non-hydrogen) atoms. The fraction of sp³-hybridized carbons (Fsp3) is 0.400. The molecule has 0 bridgehead atoms. The van der Waals surface area contributed by atoms with E-state index in [0.717, 1.165) is 0 Å². The van der Waals surface area contributed by atoms with Crippen LogP contribution < -0.4 is 4.24 Å². The zero-order chi connectivity index (χ0) is 8.48. The van der Waals surface area contributed by atoms with Gasteiger partial charge in [-0.25, -0.2) is 0 Å². The van der Waals surface area contributed by atoms with E-state index in [4.69, 9.17) is 0 Å². The molecule has 0 saturated heterocycles. The van der Waals surface area contributed by atoms with Gasteiger partial charge in [0.25, 0.3) is 0 Å². The SMILES string of the molecule is [Li][c]1ccc(C(C)(C)C)cc1. The van der Waals surface area contributed by atoms with Crippen LogP contribution >= 0.6 is 0 Å². The summed E-state index contributed by atoms with van der Waals surface area (Å²) in [6.07, 6.45) is 0. The van der Waals surface area contributed by atoms with Gasteiger partial charge in [0.05, 0.1) is 0 Å². The standard InChI is InChI=1S/C10H13.Li/c1-10(2,3)9-7-5-4-6-8-9;/h5-8H,1-3H3;. The summed E-state index contributed by atoms with van der Waals surface area (Å²) in [6.45, 7) is 6.70. The van der Waals surface area contributed by atoms with Crippen molar-refractivity contribution >= 4 is 22.0 Å². The van der Waals surface area contributed by atoms with Crippen LogP contribution in [-0.2, 0) is 5.41 Å².